The van der Waals surface area contributed by atoms with Gasteiger partial charge in [0.1, 0.15) is 0 Å². The molecule has 4 N–H and O–H groups in total. The van der Waals surface area contributed by atoms with Gasteiger partial charge in [-0.25, -0.2) is 4.79 Å². The summed E-state index contributed by atoms with van der Waals surface area (Å²) in [6, 6.07) is 10.9. The third-order valence-electron chi connectivity index (χ3n) is 2.58. The fraction of sp³-hybridized carbons (Fsp3) is 0. The maximum Gasteiger partial charge on any atom is 0.335 e. The first-order valence-corrected chi connectivity index (χ1v) is 6.46. The van der Waals surface area contributed by atoms with Gasteiger partial charge in [-0.1, -0.05) is 15.9 Å². The molecule has 0 fully saturated rings. The third kappa shape index (κ3) is 3.36. The Morgan fingerprint density at radius 2 is 1.70 bits per heavy atom. The molecule has 0 spiro atoms. The molecule has 0 saturated heterocycles. The van der Waals surface area contributed by atoms with Crippen molar-refractivity contribution in [2.45, 2.75) is 0 Å². The van der Waals surface area contributed by atoms with E-state index in [-0.39, 0.29) is 11.5 Å². The lowest BCUT2D eigenvalue weighted by molar-refractivity contribution is 0.0696. The van der Waals surface area contributed by atoms with E-state index in [1.807, 2.05) is 0 Å². The minimum atomic E-state index is -1.06. The van der Waals surface area contributed by atoms with Gasteiger partial charge in [0.05, 0.1) is 5.56 Å². The number of nitrogens with one attached hydrogen (secondary N) is 1. The highest BCUT2D eigenvalue weighted by Gasteiger charge is 2.10. The summed E-state index contributed by atoms with van der Waals surface area (Å²) >= 11 is 3.21. The molecular weight excluding hydrogens is 324 g/mol. The number of aromatic carboxylic acids is 1. The number of anilines is 2. The lowest BCUT2D eigenvalue weighted by Crippen LogP contribution is -2.12. The molecule has 2 aromatic carbocycles. The van der Waals surface area contributed by atoms with E-state index in [4.69, 9.17) is 10.8 Å². The van der Waals surface area contributed by atoms with Crippen LogP contribution in [-0.2, 0) is 0 Å². The molecule has 0 aliphatic heterocycles. The van der Waals surface area contributed by atoms with Gasteiger partial charge in [-0.3, -0.25) is 4.79 Å². The van der Waals surface area contributed by atoms with Gasteiger partial charge in [0.2, 0.25) is 0 Å². The Labute approximate surface area is 123 Å². The molecule has 0 aliphatic carbocycles. The Morgan fingerprint density at radius 3 is 2.30 bits per heavy atom. The van der Waals surface area contributed by atoms with Crippen LogP contribution in [0, 0.1) is 0 Å². The van der Waals surface area contributed by atoms with E-state index >= 15 is 0 Å². The number of hydrogen-bond donors (Lipinski definition) is 3. The van der Waals surface area contributed by atoms with Gasteiger partial charge in [0.25, 0.3) is 5.91 Å². The molecule has 0 aliphatic rings. The Kier molecular flexibility index (Phi) is 4.05. The van der Waals surface area contributed by atoms with Crippen LogP contribution in [0.4, 0.5) is 11.4 Å². The SMILES string of the molecule is Nc1ccc(C(=O)Nc2cc(Br)cc(C(=O)O)c2)cc1. The first kappa shape index (κ1) is 14.1. The molecule has 2 aromatic rings. The summed E-state index contributed by atoms with van der Waals surface area (Å²) < 4.78 is 0.574. The smallest absolute Gasteiger partial charge is 0.335 e. The van der Waals surface area contributed by atoms with Crippen LogP contribution in [0.1, 0.15) is 20.7 Å². The molecule has 0 aromatic heterocycles. The molecule has 0 heterocycles. The minimum absolute atomic E-state index is 0.0898. The standard InChI is InChI=1S/C14H11BrN2O3/c15-10-5-9(14(19)20)6-12(7-10)17-13(18)8-1-3-11(16)4-2-8/h1-7H,16H2,(H,17,18)(H,19,20). The molecule has 5 nitrogen and oxygen atoms in total. The van der Waals surface area contributed by atoms with Crippen molar-refractivity contribution in [3.05, 3.63) is 58.1 Å². The van der Waals surface area contributed by atoms with Gasteiger partial charge in [0, 0.05) is 21.4 Å². The van der Waals surface area contributed by atoms with Crippen molar-refractivity contribution >= 4 is 39.2 Å². The van der Waals surface area contributed by atoms with Gasteiger partial charge >= 0.3 is 5.97 Å². The molecule has 0 saturated carbocycles. The van der Waals surface area contributed by atoms with E-state index in [1.54, 1.807) is 30.3 Å². The van der Waals surface area contributed by atoms with Crippen LogP contribution in [0.25, 0.3) is 0 Å². The molecule has 0 radical (unpaired) electrons. The molecule has 0 atom stereocenters. The van der Waals surface area contributed by atoms with Crippen molar-refractivity contribution in [1.29, 1.82) is 0 Å². The van der Waals surface area contributed by atoms with E-state index in [1.165, 1.54) is 12.1 Å². The zero-order chi connectivity index (χ0) is 14.7. The number of nitrogens with two attached hydrogens (primary N) is 1. The number of hydrogen-bond acceptors (Lipinski definition) is 3. The van der Waals surface area contributed by atoms with E-state index in [2.05, 4.69) is 21.2 Å². The highest BCUT2D eigenvalue weighted by molar-refractivity contribution is 9.10. The number of rotatable bonds is 3. The van der Waals surface area contributed by atoms with Crippen LogP contribution in [0.15, 0.2) is 46.9 Å². The molecule has 0 unspecified atom stereocenters. The van der Waals surface area contributed by atoms with E-state index in [0.29, 0.717) is 21.4 Å². The number of carboxylic acids is 1. The average Bonchev–Trinajstić information content (AvgIpc) is 2.38. The number of benzene rings is 2. The highest BCUT2D eigenvalue weighted by Crippen LogP contribution is 2.20. The number of carbonyl (C=O) groups excluding carboxylic acids is 1. The zero-order valence-electron chi connectivity index (χ0n) is 10.3. The largest absolute Gasteiger partial charge is 0.478 e. The predicted molar refractivity (Wildman–Crippen MR) is 79.9 cm³/mol. The summed E-state index contributed by atoms with van der Waals surface area (Å²) in [5.74, 6) is -1.39. The second kappa shape index (κ2) is 5.75. The summed E-state index contributed by atoms with van der Waals surface area (Å²) in [5, 5.41) is 11.6. The normalized spacial score (nSPS) is 10.1. The van der Waals surface area contributed by atoms with Gasteiger partial charge in [-0.05, 0) is 42.5 Å². The molecule has 2 rings (SSSR count). The van der Waals surface area contributed by atoms with E-state index in [0.717, 1.165) is 0 Å². The Morgan fingerprint density at radius 1 is 1.05 bits per heavy atom. The second-order valence-corrected chi connectivity index (χ2v) is 5.03. The molecule has 0 bridgehead atoms. The number of nitrogen functional groups attached to an aromatic ring is 1. The first-order chi connectivity index (χ1) is 9.45. The Bertz CT molecular complexity index is 669. The molecular formula is C14H11BrN2O3. The maximum absolute atomic E-state index is 12.0. The Balaban J connectivity index is 2.23. The van der Waals surface area contributed by atoms with Crippen molar-refractivity contribution in [3.8, 4) is 0 Å². The van der Waals surface area contributed by atoms with Gasteiger partial charge < -0.3 is 16.2 Å². The molecule has 1 amide bonds. The van der Waals surface area contributed by atoms with Crippen molar-refractivity contribution in [2.75, 3.05) is 11.1 Å². The number of carboxylic acid groups (broad SMARTS) is 1. The van der Waals surface area contributed by atoms with Crippen LogP contribution >= 0.6 is 15.9 Å². The number of carbonyl (C=O) groups is 2. The number of amides is 1. The van der Waals surface area contributed by atoms with Gasteiger partial charge in [0.15, 0.2) is 0 Å². The van der Waals surface area contributed by atoms with E-state index < -0.39 is 5.97 Å². The summed E-state index contributed by atoms with van der Waals surface area (Å²) in [5.41, 5.74) is 7.05. The van der Waals surface area contributed by atoms with E-state index in [9.17, 15) is 9.59 Å². The fourth-order valence-electron chi connectivity index (χ4n) is 1.62. The van der Waals surface area contributed by atoms with Crippen LogP contribution in [0.5, 0.6) is 0 Å². The summed E-state index contributed by atoms with van der Waals surface area (Å²) in [6.45, 7) is 0. The van der Waals surface area contributed by atoms with Crippen LogP contribution in [-0.4, -0.2) is 17.0 Å². The van der Waals surface area contributed by atoms with Crippen LogP contribution in [0.2, 0.25) is 0 Å². The molecule has 102 valence electrons. The number of halogens is 1. The topological polar surface area (TPSA) is 92.4 Å². The van der Waals surface area contributed by atoms with Crippen LogP contribution < -0.4 is 11.1 Å². The van der Waals surface area contributed by atoms with Gasteiger partial charge in [-0.15, -0.1) is 0 Å². The minimum Gasteiger partial charge on any atom is -0.478 e. The highest BCUT2D eigenvalue weighted by atomic mass is 79.9. The van der Waals surface area contributed by atoms with Gasteiger partial charge in [-0.2, -0.15) is 0 Å². The van der Waals surface area contributed by atoms with Crippen molar-refractivity contribution in [1.82, 2.24) is 0 Å². The summed E-state index contributed by atoms with van der Waals surface area (Å²) in [6.07, 6.45) is 0. The monoisotopic (exact) mass is 334 g/mol. The zero-order valence-corrected chi connectivity index (χ0v) is 11.8. The second-order valence-electron chi connectivity index (χ2n) is 4.11. The fourth-order valence-corrected chi connectivity index (χ4v) is 2.12. The Hall–Kier alpha value is -2.34. The van der Waals surface area contributed by atoms with Crippen molar-refractivity contribution < 1.29 is 14.7 Å². The third-order valence-corrected chi connectivity index (χ3v) is 3.03. The lowest BCUT2D eigenvalue weighted by Gasteiger charge is -2.07. The average molecular weight is 335 g/mol. The van der Waals surface area contributed by atoms with Crippen molar-refractivity contribution in [3.63, 3.8) is 0 Å². The van der Waals surface area contributed by atoms with Crippen LogP contribution in [0.3, 0.4) is 0 Å². The maximum atomic E-state index is 12.0. The lowest BCUT2D eigenvalue weighted by atomic mass is 10.1. The molecule has 20 heavy (non-hydrogen) atoms. The first-order valence-electron chi connectivity index (χ1n) is 5.66. The summed E-state index contributed by atoms with van der Waals surface area (Å²) in [4.78, 5) is 23.0. The summed E-state index contributed by atoms with van der Waals surface area (Å²) in [7, 11) is 0. The van der Waals surface area contributed by atoms with Crippen molar-refractivity contribution in [2.24, 2.45) is 0 Å². The quantitative estimate of drug-likeness (QED) is 0.752. The molecule has 6 heteroatoms. The predicted octanol–water partition coefficient (Wildman–Crippen LogP) is 2.98.